The van der Waals surface area contributed by atoms with Gasteiger partial charge >= 0.3 is 0 Å². The Morgan fingerprint density at radius 3 is 2.11 bits per heavy atom. The van der Waals surface area contributed by atoms with Crippen LogP contribution in [0.25, 0.3) is 0 Å². The van der Waals surface area contributed by atoms with Crippen LogP contribution in [-0.2, 0) is 10.0 Å². The van der Waals surface area contributed by atoms with E-state index in [0.29, 0.717) is 10.4 Å². The molecule has 0 saturated carbocycles. The number of nitrogens with zero attached hydrogens (tertiary/aromatic N) is 1. The summed E-state index contributed by atoms with van der Waals surface area (Å²) in [5, 5.41) is 1.40. The summed E-state index contributed by atoms with van der Waals surface area (Å²) in [6.45, 7) is 13.0. The lowest BCUT2D eigenvalue weighted by atomic mass is 10.0. The molecule has 1 heterocycles. The van der Waals surface area contributed by atoms with Crippen LogP contribution < -0.4 is 5.19 Å². The third-order valence-electron chi connectivity index (χ3n) is 6.29. The zero-order chi connectivity index (χ0) is 20.0. The second-order valence-electron chi connectivity index (χ2n) is 9.07. The lowest BCUT2D eigenvalue weighted by Crippen LogP contribution is -2.50. The van der Waals surface area contributed by atoms with E-state index >= 15 is 0 Å². The first-order valence-electron chi connectivity index (χ1n) is 9.65. The monoisotopic (exact) mass is 401 g/mol. The molecule has 0 unspecified atom stereocenters. The van der Waals surface area contributed by atoms with Crippen LogP contribution in [0.4, 0.5) is 0 Å². The SMILES string of the molecule is Cc1ccc(S(=O)(=O)N2[C@H](C)[C@@H]([Si](C)(C)c3ccccc3)CC2(C)C)cc1. The fourth-order valence-electron chi connectivity index (χ4n) is 4.82. The molecule has 0 N–H and O–H groups in total. The maximum atomic E-state index is 13.5. The minimum atomic E-state index is -3.53. The normalized spacial score (nSPS) is 23.5. The van der Waals surface area contributed by atoms with Crippen LogP contribution in [0.15, 0.2) is 59.5 Å². The second kappa shape index (κ2) is 6.87. The Hall–Kier alpha value is -1.43. The van der Waals surface area contributed by atoms with Crippen LogP contribution in [0.3, 0.4) is 0 Å². The quantitative estimate of drug-likeness (QED) is 0.705. The van der Waals surface area contributed by atoms with E-state index in [1.165, 1.54) is 5.19 Å². The molecule has 27 heavy (non-hydrogen) atoms. The molecule has 1 aliphatic heterocycles. The summed E-state index contributed by atoms with van der Waals surface area (Å²) in [7, 11) is -5.37. The van der Waals surface area contributed by atoms with Crippen molar-refractivity contribution < 1.29 is 8.42 Å². The van der Waals surface area contributed by atoms with Gasteiger partial charge in [-0.15, -0.1) is 0 Å². The summed E-state index contributed by atoms with van der Waals surface area (Å²) >= 11 is 0. The van der Waals surface area contributed by atoms with E-state index in [-0.39, 0.29) is 6.04 Å². The molecule has 5 heteroatoms. The number of hydrogen-bond acceptors (Lipinski definition) is 2. The molecule has 0 amide bonds. The van der Waals surface area contributed by atoms with Crippen molar-refractivity contribution in [1.82, 2.24) is 4.31 Å². The third-order valence-corrected chi connectivity index (χ3v) is 12.9. The van der Waals surface area contributed by atoms with Gasteiger partial charge in [-0.25, -0.2) is 8.42 Å². The zero-order valence-corrected chi connectivity index (χ0v) is 19.0. The van der Waals surface area contributed by atoms with Gasteiger partial charge in [0.2, 0.25) is 10.0 Å². The number of sulfonamides is 1. The van der Waals surface area contributed by atoms with Gasteiger partial charge < -0.3 is 0 Å². The van der Waals surface area contributed by atoms with Crippen molar-refractivity contribution in [3.63, 3.8) is 0 Å². The molecule has 1 saturated heterocycles. The number of aryl methyl sites for hydroxylation is 1. The Morgan fingerprint density at radius 1 is 1.00 bits per heavy atom. The maximum absolute atomic E-state index is 13.5. The van der Waals surface area contributed by atoms with Crippen molar-refractivity contribution in [2.24, 2.45) is 0 Å². The molecule has 2 aromatic carbocycles. The van der Waals surface area contributed by atoms with Crippen LogP contribution in [0.1, 0.15) is 32.8 Å². The summed E-state index contributed by atoms with van der Waals surface area (Å²) in [6.07, 6.45) is 0.896. The van der Waals surface area contributed by atoms with Crippen LogP contribution in [0.5, 0.6) is 0 Å². The lowest BCUT2D eigenvalue weighted by molar-refractivity contribution is 0.254. The van der Waals surface area contributed by atoms with Gasteiger partial charge in [0.1, 0.15) is 0 Å². The van der Waals surface area contributed by atoms with Crippen molar-refractivity contribution in [3.8, 4) is 0 Å². The van der Waals surface area contributed by atoms with Gasteiger partial charge in [0.25, 0.3) is 0 Å². The lowest BCUT2D eigenvalue weighted by Gasteiger charge is -2.35. The fourth-order valence-corrected chi connectivity index (χ4v) is 10.8. The third kappa shape index (κ3) is 3.53. The predicted octanol–water partition coefficient (Wildman–Crippen LogP) is 4.54. The summed E-state index contributed by atoms with van der Waals surface area (Å²) < 4.78 is 28.8. The first-order valence-corrected chi connectivity index (χ1v) is 14.2. The molecule has 1 aliphatic rings. The largest absolute Gasteiger partial charge is 0.243 e. The molecular weight excluding hydrogens is 370 g/mol. The van der Waals surface area contributed by atoms with Gasteiger partial charge in [0.05, 0.1) is 13.0 Å². The van der Waals surface area contributed by atoms with Crippen LogP contribution in [0, 0.1) is 6.92 Å². The zero-order valence-electron chi connectivity index (χ0n) is 17.2. The maximum Gasteiger partial charge on any atom is 0.243 e. The minimum Gasteiger partial charge on any atom is -0.207 e. The molecule has 3 rings (SSSR count). The van der Waals surface area contributed by atoms with Gasteiger partial charge in [-0.05, 0) is 51.8 Å². The van der Waals surface area contributed by atoms with E-state index < -0.39 is 23.6 Å². The highest BCUT2D eigenvalue weighted by molar-refractivity contribution is 7.89. The first kappa shape index (κ1) is 20.3. The van der Waals surface area contributed by atoms with Crippen molar-refractivity contribution in [3.05, 3.63) is 60.2 Å². The predicted molar refractivity (Wildman–Crippen MR) is 116 cm³/mol. The van der Waals surface area contributed by atoms with Crippen molar-refractivity contribution in [1.29, 1.82) is 0 Å². The highest BCUT2D eigenvalue weighted by Gasteiger charge is 2.55. The molecular formula is C22H31NO2SSi. The van der Waals surface area contributed by atoms with E-state index in [0.717, 1.165) is 12.0 Å². The molecule has 146 valence electrons. The van der Waals surface area contributed by atoms with Gasteiger partial charge in [-0.1, -0.05) is 66.3 Å². The molecule has 0 radical (unpaired) electrons. The van der Waals surface area contributed by atoms with Crippen molar-refractivity contribution in [2.75, 3.05) is 0 Å². The Labute approximate surface area is 165 Å². The summed E-state index contributed by atoms with van der Waals surface area (Å²) in [6, 6.07) is 17.9. The van der Waals surface area contributed by atoms with Gasteiger partial charge in [-0.2, -0.15) is 4.31 Å². The van der Waals surface area contributed by atoms with Gasteiger partial charge in [0.15, 0.2) is 0 Å². The van der Waals surface area contributed by atoms with Crippen molar-refractivity contribution in [2.45, 2.75) is 69.2 Å². The molecule has 1 fully saturated rings. The smallest absolute Gasteiger partial charge is 0.207 e. The number of hydrogen-bond donors (Lipinski definition) is 0. The van der Waals surface area contributed by atoms with E-state index in [1.807, 2.05) is 25.1 Å². The number of benzene rings is 2. The summed E-state index contributed by atoms with van der Waals surface area (Å²) in [5.74, 6) is 0. The van der Waals surface area contributed by atoms with E-state index in [9.17, 15) is 8.42 Å². The first-order chi connectivity index (χ1) is 12.5. The molecule has 0 aliphatic carbocycles. The fraction of sp³-hybridized carbons (Fsp3) is 0.455. The van der Waals surface area contributed by atoms with Crippen molar-refractivity contribution >= 4 is 23.3 Å². The Bertz CT molecular complexity index is 905. The number of rotatable bonds is 4. The summed E-state index contributed by atoms with van der Waals surface area (Å²) in [5.41, 5.74) is 1.04. The standard InChI is InChI=1S/C22H31NO2SSi/c1-17-12-14-19(15-13-17)26(24,25)23-18(2)21(16-22(23,3)4)27(5,6)20-10-8-7-9-11-20/h7-15,18,21H,16H2,1-6H3/t18-,21+/m1/s1. The highest BCUT2D eigenvalue weighted by atomic mass is 32.2. The van der Waals surface area contributed by atoms with Gasteiger partial charge in [0, 0.05) is 11.6 Å². The Morgan fingerprint density at radius 2 is 1.56 bits per heavy atom. The molecule has 0 aromatic heterocycles. The summed E-state index contributed by atoms with van der Waals surface area (Å²) in [4.78, 5) is 0.396. The average molecular weight is 402 g/mol. The minimum absolute atomic E-state index is 0.0202. The topological polar surface area (TPSA) is 37.4 Å². The molecule has 2 aromatic rings. The molecule has 3 nitrogen and oxygen atoms in total. The van der Waals surface area contributed by atoms with Crippen LogP contribution in [-0.4, -0.2) is 32.4 Å². The highest BCUT2D eigenvalue weighted by Crippen LogP contribution is 2.48. The Balaban J connectivity index is 2.02. The van der Waals surface area contributed by atoms with E-state index in [2.05, 4.69) is 58.1 Å². The Kier molecular flexibility index (Phi) is 5.17. The van der Waals surface area contributed by atoms with Crippen LogP contribution >= 0.6 is 0 Å². The van der Waals surface area contributed by atoms with E-state index in [4.69, 9.17) is 0 Å². The van der Waals surface area contributed by atoms with Gasteiger partial charge in [-0.3, -0.25) is 0 Å². The second-order valence-corrected chi connectivity index (χ2v) is 15.6. The van der Waals surface area contributed by atoms with E-state index in [1.54, 1.807) is 16.4 Å². The molecule has 0 spiro atoms. The molecule has 0 bridgehead atoms. The van der Waals surface area contributed by atoms with Crippen LogP contribution in [0.2, 0.25) is 18.6 Å². The average Bonchev–Trinajstić information content (AvgIpc) is 2.86. The molecule has 2 atom stereocenters.